The summed E-state index contributed by atoms with van der Waals surface area (Å²) >= 11 is 1.72. The summed E-state index contributed by atoms with van der Waals surface area (Å²) in [6.45, 7) is 8.58. The molecular weight excluding hydrogens is 523 g/mol. The molecular formula is C19H29IN4O3S2. The summed E-state index contributed by atoms with van der Waals surface area (Å²) in [4.78, 5) is 10.6. The second kappa shape index (κ2) is 12.3. The summed E-state index contributed by atoms with van der Waals surface area (Å²) < 4.78 is 28.6. The standard InChI is InChI=1S/C19H28N4O3S2.HI/c1-5-20-19(21-11-10-18-23-14(2)15(3)27-18)22-12-13-26-16-6-8-17(9-7-16)28(4,24)25;/h6-9H,5,10-13H2,1-4H3,(H2,20,21,22);1H. The van der Waals surface area contributed by atoms with Crippen LogP contribution in [0, 0.1) is 13.8 Å². The monoisotopic (exact) mass is 552 g/mol. The zero-order valence-corrected chi connectivity index (χ0v) is 21.2. The van der Waals surface area contributed by atoms with Crippen molar-refractivity contribution in [2.45, 2.75) is 32.1 Å². The van der Waals surface area contributed by atoms with Crippen LogP contribution in [-0.2, 0) is 16.3 Å². The van der Waals surface area contributed by atoms with E-state index in [2.05, 4.69) is 27.5 Å². The number of sulfone groups is 1. The van der Waals surface area contributed by atoms with Crippen molar-refractivity contribution in [1.29, 1.82) is 0 Å². The largest absolute Gasteiger partial charge is 0.492 e. The van der Waals surface area contributed by atoms with Gasteiger partial charge in [-0.15, -0.1) is 35.3 Å². The van der Waals surface area contributed by atoms with Crippen molar-refractivity contribution < 1.29 is 13.2 Å². The number of halogens is 1. The number of aromatic nitrogens is 1. The maximum atomic E-state index is 11.5. The average Bonchev–Trinajstić information content (AvgIpc) is 2.96. The number of aryl methyl sites for hydroxylation is 2. The predicted molar refractivity (Wildman–Crippen MR) is 130 cm³/mol. The van der Waals surface area contributed by atoms with Gasteiger partial charge in [0.1, 0.15) is 12.4 Å². The molecule has 7 nitrogen and oxygen atoms in total. The Kier molecular flexibility index (Phi) is 10.9. The van der Waals surface area contributed by atoms with Crippen LogP contribution in [0.15, 0.2) is 34.2 Å². The van der Waals surface area contributed by atoms with Gasteiger partial charge in [-0.1, -0.05) is 0 Å². The fourth-order valence-corrected chi connectivity index (χ4v) is 3.93. The van der Waals surface area contributed by atoms with Crippen LogP contribution in [0.4, 0.5) is 0 Å². The van der Waals surface area contributed by atoms with Gasteiger partial charge < -0.3 is 15.4 Å². The lowest BCUT2D eigenvalue weighted by Gasteiger charge is -2.12. The highest BCUT2D eigenvalue weighted by molar-refractivity contribution is 14.0. The van der Waals surface area contributed by atoms with Gasteiger partial charge in [-0.2, -0.15) is 0 Å². The lowest BCUT2D eigenvalue weighted by atomic mass is 10.3. The molecule has 2 rings (SSSR count). The first kappa shape index (κ1) is 25.6. The lowest BCUT2D eigenvalue weighted by Crippen LogP contribution is -2.39. The highest BCUT2D eigenvalue weighted by Gasteiger charge is 2.06. The van der Waals surface area contributed by atoms with E-state index in [0.29, 0.717) is 25.4 Å². The lowest BCUT2D eigenvalue weighted by molar-refractivity contribution is 0.321. The van der Waals surface area contributed by atoms with E-state index < -0.39 is 9.84 Å². The quantitative estimate of drug-likeness (QED) is 0.215. The number of hydrogen-bond acceptors (Lipinski definition) is 6. The molecule has 29 heavy (non-hydrogen) atoms. The van der Waals surface area contributed by atoms with E-state index in [-0.39, 0.29) is 28.9 Å². The molecule has 0 aliphatic rings. The van der Waals surface area contributed by atoms with Gasteiger partial charge in [-0.25, -0.2) is 13.4 Å². The first-order valence-electron chi connectivity index (χ1n) is 9.17. The summed E-state index contributed by atoms with van der Waals surface area (Å²) in [6.07, 6.45) is 2.00. The smallest absolute Gasteiger partial charge is 0.191 e. The van der Waals surface area contributed by atoms with Crippen LogP contribution in [0.2, 0.25) is 0 Å². The SMILES string of the molecule is CCNC(=NCCc1nc(C)c(C)s1)NCCOc1ccc(S(C)(=O)=O)cc1.I. The van der Waals surface area contributed by atoms with Crippen molar-refractivity contribution in [1.82, 2.24) is 15.6 Å². The first-order chi connectivity index (χ1) is 13.3. The maximum absolute atomic E-state index is 11.5. The average molecular weight is 553 g/mol. The Morgan fingerprint density at radius 3 is 2.45 bits per heavy atom. The Balaban J connectivity index is 0.00000420. The van der Waals surface area contributed by atoms with E-state index in [1.165, 1.54) is 11.1 Å². The zero-order chi connectivity index (χ0) is 20.6. The van der Waals surface area contributed by atoms with Crippen molar-refractivity contribution in [3.8, 4) is 5.75 Å². The van der Waals surface area contributed by atoms with Crippen molar-refractivity contribution >= 4 is 51.1 Å². The molecule has 1 aromatic carbocycles. The number of nitrogens with zero attached hydrogens (tertiary/aromatic N) is 2. The number of aliphatic imine (C=N–C) groups is 1. The topological polar surface area (TPSA) is 92.7 Å². The molecule has 0 aliphatic heterocycles. The number of thiazole rings is 1. The highest BCUT2D eigenvalue weighted by atomic mass is 127. The van der Waals surface area contributed by atoms with Gasteiger partial charge in [0.15, 0.2) is 15.8 Å². The van der Waals surface area contributed by atoms with Gasteiger partial charge in [0, 0.05) is 30.6 Å². The Bertz CT molecular complexity index is 877. The van der Waals surface area contributed by atoms with Crippen LogP contribution in [0.5, 0.6) is 5.75 Å². The van der Waals surface area contributed by atoms with E-state index in [9.17, 15) is 8.42 Å². The van der Waals surface area contributed by atoms with E-state index >= 15 is 0 Å². The number of ether oxygens (including phenoxy) is 1. The minimum atomic E-state index is -3.19. The van der Waals surface area contributed by atoms with Crippen molar-refractivity contribution in [3.05, 3.63) is 39.8 Å². The molecule has 0 saturated carbocycles. The number of rotatable bonds is 9. The van der Waals surface area contributed by atoms with E-state index in [1.54, 1.807) is 35.6 Å². The second-order valence-corrected chi connectivity index (χ2v) is 9.58. The van der Waals surface area contributed by atoms with Crippen LogP contribution in [0.25, 0.3) is 0 Å². The molecule has 0 radical (unpaired) electrons. The van der Waals surface area contributed by atoms with Crippen molar-refractivity contribution in [3.63, 3.8) is 0 Å². The summed E-state index contributed by atoms with van der Waals surface area (Å²) in [5.74, 6) is 1.37. The molecule has 0 saturated heterocycles. The fraction of sp³-hybridized carbons (Fsp3) is 0.474. The van der Waals surface area contributed by atoms with Gasteiger partial charge >= 0.3 is 0 Å². The molecule has 0 spiro atoms. The van der Waals surface area contributed by atoms with E-state index in [4.69, 9.17) is 4.74 Å². The number of nitrogens with one attached hydrogen (secondary N) is 2. The van der Waals surface area contributed by atoms with Gasteiger partial charge in [0.2, 0.25) is 0 Å². The van der Waals surface area contributed by atoms with E-state index in [0.717, 1.165) is 29.6 Å². The van der Waals surface area contributed by atoms with Crippen LogP contribution < -0.4 is 15.4 Å². The summed E-state index contributed by atoms with van der Waals surface area (Å²) in [5, 5.41) is 7.55. The Morgan fingerprint density at radius 1 is 1.21 bits per heavy atom. The molecule has 162 valence electrons. The maximum Gasteiger partial charge on any atom is 0.191 e. The van der Waals surface area contributed by atoms with Crippen molar-refractivity contribution in [2.75, 3.05) is 32.5 Å². The molecule has 0 bridgehead atoms. The molecule has 0 aliphatic carbocycles. The third kappa shape index (κ3) is 8.87. The first-order valence-corrected chi connectivity index (χ1v) is 11.9. The summed E-state index contributed by atoms with van der Waals surface area (Å²) in [7, 11) is -3.19. The summed E-state index contributed by atoms with van der Waals surface area (Å²) in [5.41, 5.74) is 1.09. The third-order valence-electron chi connectivity index (χ3n) is 3.93. The predicted octanol–water partition coefficient (Wildman–Crippen LogP) is 2.96. The van der Waals surface area contributed by atoms with E-state index in [1.807, 2.05) is 13.8 Å². The number of benzene rings is 1. The molecule has 10 heteroatoms. The van der Waals surface area contributed by atoms with Gasteiger partial charge in [-0.3, -0.25) is 4.99 Å². The van der Waals surface area contributed by atoms with Gasteiger partial charge in [-0.05, 0) is 45.0 Å². The Labute approximate surface area is 194 Å². The molecule has 0 amide bonds. The number of hydrogen-bond donors (Lipinski definition) is 2. The Morgan fingerprint density at radius 2 is 1.90 bits per heavy atom. The molecule has 2 N–H and O–H groups in total. The normalized spacial score (nSPS) is 11.7. The van der Waals surface area contributed by atoms with Crippen LogP contribution in [0.1, 0.15) is 22.5 Å². The molecule has 1 heterocycles. The molecule has 2 aromatic rings. The van der Waals surface area contributed by atoms with Gasteiger partial charge in [0.25, 0.3) is 0 Å². The van der Waals surface area contributed by atoms with Crippen LogP contribution >= 0.6 is 35.3 Å². The highest BCUT2D eigenvalue weighted by Crippen LogP contribution is 2.17. The summed E-state index contributed by atoms with van der Waals surface area (Å²) in [6, 6.07) is 6.42. The minimum absolute atomic E-state index is 0. The molecule has 0 unspecified atom stereocenters. The molecule has 1 aromatic heterocycles. The molecule has 0 fully saturated rings. The minimum Gasteiger partial charge on any atom is -0.492 e. The number of guanidine groups is 1. The fourth-order valence-electron chi connectivity index (χ4n) is 2.37. The second-order valence-electron chi connectivity index (χ2n) is 6.28. The Hall–Kier alpha value is -1.40. The third-order valence-corrected chi connectivity index (χ3v) is 6.19. The zero-order valence-electron chi connectivity index (χ0n) is 17.2. The van der Waals surface area contributed by atoms with Gasteiger partial charge in [0.05, 0.1) is 22.1 Å². The molecule has 0 atom stereocenters. The van der Waals surface area contributed by atoms with Crippen LogP contribution in [0.3, 0.4) is 0 Å². The van der Waals surface area contributed by atoms with Crippen molar-refractivity contribution in [2.24, 2.45) is 4.99 Å². The van der Waals surface area contributed by atoms with Crippen LogP contribution in [-0.4, -0.2) is 51.9 Å².